The van der Waals surface area contributed by atoms with E-state index < -0.39 is 6.04 Å². The zero-order valence-corrected chi connectivity index (χ0v) is 14.1. The smallest absolute Gasteiger partial charge is 0.248 e. The van der Waals surface area contributed by atoms with E-state index in [0.29, 0.717) is 17.5 Å². The molecular formula is C15H17N7OS. The van der Waals surface area contributed by atoms with E-state index in [1.54, 1.807) is 4.68 Å². The number of tetrazole rings is 1. The molecule has 0 radical (unpaired) electrons. The van der Waals surface area contributed by atoms with E-state index in [2.05, 4.69) is 31.1 Å². The number of nitrogens with zero attached hydrogens (tertiary/aromatic N) is 5. The fraction of sp³-hybridized carbons (Fsp3) is 0.267. The highest BCUT2D eigenvalue weighted by molar-refractivity contribution is 7.13. The van der Waals surface area contributed by atoms with E-state index in [4.69, 9.17) is 0 Å². The third kappa shape index (κ3) is 3.57. The average molecular weight is 343 g/mol. The van der Waals surface area contributed by atoms with Crippen LogP contribution in [0.1, 0.15) is 19.0 Å². The van der Waals surface area contributed by atoms with Gasteiger partial charge in [0.15, 0.2) is 5.13 Å². The van der Waals surface area contributed by atoms with E-state index in [9.17, 15) is 4.79 Å². The summed E-state index contributed by atoms with van der Waals surface area (Å²) in [6.07, 6.45) is 0.581. The Morgan fingerprint density at radius 3 is 2.79 bits per heavy atom. The predicted molar refractivity (Wildman–Crippen MR) is 92.3 cm³/mol. The molecule has 9 heteroatoms. The lowest BCUT2D eigenvalue weighted by Gasteiger charge is -2.16. The monoisotopic (exact) mass is 343 g/mol. The highest BCUT2D eigenvalue weighted by Gasteiger charge is 2.20. The number of thiazole rings is 1. The predicted octanol–water partition coefficient (Wildman–Crippen LogP) is 2.26. The Kier molecular flexibility index (Phi) is 4.80. The van der Waals surface area contributed by atoms with Crippen molar-refractivity contribution in [3.63, 3.8) is 0 Å². The number of rotatable bonds is 6. The minimum Gasteiger partial charge on any atom is -0.341 e. The molecule has 0 fully saturated rings. The number of anilines is 2. The summed E-state index contributed by atoms with van der Waals surface area (Å²) in [5.41, 5.74) is 1.69. The second-order valence-electron chi connectivity index (χ2n) is 5.14. The second-order valence-corrected chi connectivity index (χ2v) is 6.00. The van der Waals surface area contributed by atoms with Gasteiger partial charge in [0.1, 0.15) is 6.04 Å². The Morgan fingerprint density at radius 2 is 2.12 bits per heavy atom. The van der Waals surface area contributed by atoms with Gasteiger partial charge in [-0.05, 0) is 35.9 Å². The van der Waals surface area contributed by atoms with Crippen molar-refractivity contribution in [3.8, 4) is 5.69 Å². The first kappa shape index (κ1) is 16.1. The van der Waals surface area contributed by atoms with Crippen molar-refractivity contribution in [2.45, 2.75) is 26.3 Å². The topological polar surface area (TPSA) is 97.6 Å². The van der Waals surface area contributed by atoms with Gasteiger partial charge in [-0.15, -0.1) is 11.3 Å². The Morgan fingerprint density at radius 1 is 1.33 bits per heavy atom. The Bertz CT molecular complexity index is 814. The molecule has 0 bridgehead atoms. The van der Waals surface area contributed by atoms with Gasteiger partial charge in [0, 0.05) is 5.38 Å². The molecule has 1 unspecified atom stereocenters. The van der Waals surface area contributed by atoms with Crippen molar-refractivity contribution >= 4 is 28.3 Å². The van der Waals surface area contributed by atoms with Gasteiger partial charge < -0.3 is 10.6 Å². The quantitative estimate of drug-likeness (QED) is 0.712. The number of carbonyl (C=O) groups is 1. The average Bonchev–Trinajstić information content (AvgIpc) is 3.22. The fourth-order valence-corrected chi connectivity index (χ4v) is 2.82. The third-order valence-corrected chi connectivity index (χ3v) is 4.22. The van der Waals surface area contributed by atoms with E-state index in [1.165, 1.54) is 11.3 Å². The zero-order valence-electron chi connectivity index (χ0n) is 13.3. The molecule has 2 N–H and O–H groups in total. The standard InChI is InChI=1S/C15H17N7OS/c1-3-12(13(23)18-15-16-10(2)9-24-15)17-14-19-20-21-22(14)11-7-5-4-6-8-11/h4-9,12H,3H2,1-2H3,(H,16,18,23)(H,17,19,21). The van der Waals surface area contributed by atoms with Gasteiger partial charge in [0.25, 0.3) is 0 Å². The van der Waals surface area contributed by atoms with Gasteiger partial charge in [-0.2, -0.15) is 4.68 Å². The number of nitrogens with one attached hydrogen (secondary N) is 2. The summed E-state index contributed by atoms with van der Waals surface area (Å²) in [6, 6.07) is 9.02. The maximum Gasteiger partial charge on any atom is 0.248 e. The van der Waals surface area contributed by atoms with Crippen molar-refractivity contribution in [1.82, 2.24) is 25.2 Å². The first-order chi connectivity index (χ1) is 11.7. The molecule has 0 saturated heterocycles. The van der Waals surface area contributed by atoms with Crippen LogP contribution in [0, 0.1) is 6.92 Å². The number of para-hydroxylation sites is 1. The molecule has 1 atom stereocenters. The Hall–Kier alpha value is -2.81. The molecule has 3 rings (SSSR count). The van der Waals surface area contributed by atoms with Crippen LogP contribution >= 0.6 is 11.3 Å². The lowest BCUT2D eigenvalue weighted by Crippen LogP contribution is -2.35. The fourth-order valence-electron chi connectivity index (χ4n) is 2.13. The normalized spacial score (nSPS) is 11.9. The number of hydrogen-bond acceptors (Lipinski definition) is 7. The summed E-state index contributed by atoms with van der Waals surface area (Å²) in [4.78, 5) is 16.7. The van der Waals surface area contributed by atoms with Crippen LogP contribution in [0.2, 0.25) is 0 Å². The van der Waals surface area contributed by atoms with E-state index in [-0.39, 0.29) is 5.91 Å². The van der Waals surface area contributed by atoms with Gasteiger partial charge >= 0.3 is 0 Å². The molecule has 1 amide bonds. The summed E-state index contributed by atoms with van der Waals surface area (Å²) in [7, 11) is 0. The largest absolute Gasteiger partial charge is 0.341 e. The molecular weight excluding hydrogens is 326 g/mol. The number of amides is 1. The Balaban J connectivity index is 1.74. The molecule has 0 spiro atoms. The van der Waals surface area contributed by atoms with Crippen LogP contribution in [0.3, 0.4) is 0 Å². The lowest BCUT2D eigenvalue weighted by molar-refractivity contribution is -0.117. The molecule has 0 aliphatic carbocycles. The minimum absolute atomic E-state index is 0.172. The molecule has 0 aliphatic rings. The molecule has 24 heavy (non-hydrogen) atoms. The van der Waals surface area contributed by atoms with Crippen molar-refractivity contribution in [1.29, 1.82) is 0 Å². The maximum absolute atomic E-state index is 12.4. The van der Waals surface area contributed by atoms with E-state index in [0.717, 1.165) is 11.4 Å². The molecule has 3 aromatic rings. The first-order valence-electron chi connectivity index (χ1n) is 7.50. The maximum atomic E-state index is 12.4. The van der Waals surface area contributed by atoms with Crippen molar-refractivity contribution < 1.29 is 4.79 Å². The SMILES string of the molecule is CCC(Nc1nnnn1-c1ccccc1)C(=O)Nc1nc(C)cs1. The highest BCUT2D eigenvalue weighted by atomic mass is 32.1. The van der Waals surface area contributed by atoms with Crippen molar-refractivity contribution in [2.24, 2.45) is 0 Å². The van der Waals surface area contributed by atoms with E-state index >= 15 is 0 Å². The molecule has 1 aromatic carbocycles. The molecule has 2 aromatic heterocycles. The summed E-state index contributed by atoms with van der Waals surface area (Å²) in [6.45, 7) is 3.80. The second kappa shape index (κ2) is 7.18. The van der Waals surface area contributed by atoms with Crippen LogP contribution in [0.15, 0.2) is 35.7 Å². The van der Waals surface area contributed by atoms with Crippen LogP contribution in [0.5, 0.6) is 0 Å². The van der Waals surface area contributed by atoms with Crippen LogP contribution in [0.4, 0.5) is 11.1 Å². The molecule has 2 heterocycles. The number of aromatic nitrogens is 5. The van der Waals surface area contributed by atoms with Gasteiger partial charge in [0.2, 0.25) is 11.9 Å². The van der Waals surface area contributed by atoms with Crippen molar-refractivity contribution in [2.75, 3.05) is 10.6 Å². The van der Waals surface area contributed by atoms with Crippen LogP contribution < -0.4 is 10.6 Å². The van der Waals surface area contributed by atoms with Crippen LogP contribution in [-0.2, 0) is 4.79 Å². The molecule has 0 saturated carbocycles. The number of benzene rings is 1. The number of carbonyl (C=O) groups excluding carboxylic acids is 1. The lowest BCUT2D eigenvalue weighted by atomic mass is 10.2. The van der Waals surface area contributed by atoms with Gasteiger partial charge in [-0.25, -0.2) is 4.98 Å². The number of hydrogen-bond donors (Lipinski definition) is 2. The van der Waals surface area contributed by atoms with Gasteiger partial charge in [0.05, 0.1) is 11.4 Å². The van der Waals surface area contributed by atoms with Crippen LogP contribution in [0.25, 0.3) is 5.69 Å². The van der Waals surface area contributed by atoms with E-state index in [1.807, 2.05) is 49.6 Å². The van der Waals surface area contributed by atoms with Crippen LogP contribution in [-0.4, -0.2) is 37.1 Å². The summed E-state index contributed by atoms with van der Waals surface area (Å²) in [5, 5.41) is 20.0. The summed E-state index contributed by atoms with van der Waals surface area (Å²) < 4.78 is 1.56. The zero-order chi connectivity index (χ0) is 16.9. The highest BCUT2D eigenvalue weighted by Crippen LogP contribution is 2.16. The molecule has 0 aliphatic heterocycles. The first-order valence-corrected chi connectivity index (χ1v) is 8.38. The van der Waals surface area contributed by atoms with Crippen molar-refractivity contribution in [3.05, 3.63) is 41.4 Å². The molecule has 8 nitrogen and oxygen atoms in total. The van der Waals surface area contributed by atoms with Gasteiger partial charge in [-0.1, -0.05) is 30.2 Å². The molecule has 124 valence electrons. The number of aryl methyl sites for hydroxylation is 1. The summed E-state index contributed by atoms with van der Waals surface area (Å²) >= 11 is 1.40. The Labute approximate surface area is 142 Å². The van der Waals surface area contributed by atoms with Gasteiger partial charge in [-0.3, -0.25) is 4.79 Å². The summed E-state index contributed by atoms with van der Waals surface area (Å²) in [5.74, 6) is 0.244. The third-order valence-electron chi connectivity index (χ3n) is 3.35. The minimum atomic E-state index is -0.470.